The first-order chi connectivity index (χ1) is 7.38. The smallest absolute Gasteiger partial charge is 0.250 e. The number of amides is 1. The molecule has 6 nitrogen and oxygen atoms in total. The average molecular weight is 243 g/mol. The van der Waals surface area contributed by atoms with Crippen LogP contribution in [-0.4, -0.2) is 20.9 Å². The summed E-state index contributed by atoms with van der Waals surface area (Å²) in [6.45, 7) is 1.92. The zero-order valence-electron chi connectivity index (χ0n) is 8.73. The number of carbonyl (C=O) groups excluding carboxylic acids is 1. The summed E-state index contributed by atoms with van der Waals surface area (Å²) < 4.78 is 25.5. The zero-order valence-corrected chi connectivity index (χ0v) is 9.54. The standard InChI is InChI=1S/C9H13N3O3S/c1-2-12-16(14,15)6-3-4-8(10)7(5-6)9(11)13/h3-5,12H,2,10H2,1H3,(H2,11,13). The molecule has 0 aliphatic heterocycles. The Morgan fingerprint density at radius 3 is 2.56 bits per heavy atom. The van der Waals surface area contributed by atoms with Crippen LogP contribution in [0.4, 0.5) is 5.69 Å². The molecule has 1 aromatic carbocycles. The molecule has 0 radical (unpaired) electrons. The van der Waals surface area contributed by atoms with Crippen molar-refractivity contribution in [1.82, 2.24) is 4.72 Å². The molecule has 0 spiro atoms. The van der Waals surface area contributed by atoms with Crippen LogP contribution in [0.25, 0.3) is 0 Å². The van der Waals surface area contributed by atoms with Gasteiger partial charge in [-0.25, -0.2) is 13.1 Å². The van der Waals surface area contributed by atoms with Crippen LogP contribution in [0.5, 0.6) is 0 Å². The van der Waals surface area contributed by atoms with Crippen LogP contribution in [0.2, 0.25) is 0 Å². The fourth-order valence-electron chi connectivity index (χ4n) is 1.19. The van der Waals surface area contributed by atoms with Crippen molar-refractivity contribution in [2.75, 3.05) is 12.3 Å². The average Bonchev–Trinajstić information content (AvgIpc) is 2.17. The van der Waals surface area contributed by atoms with E-state index in [1.807, 2.05) is 0 Å². The largest absolute Gasteiger partial charge is 0.398 e. The molecule has 0 atom stereocenters. The van der Waals surface area contributed by atoms with Crippen LogP contribution < -0.4 is 16.2 Å². The quantitative estimate of drug-likeness (QED) is 0.628. The van der Waals surface area contributed by atoms with Crippen molar-refractivity contribution in [3.8, 4) is 0 Å². The Hall–Kier alpha value is -1.60. The van der Waals surface area contributed by atoms with Gasteiger partial charge in [0.25, 0.3) is 5.91 Å². The van der Waals surface area contributed by atoms with Crippen LogP contribution >= 0.6 is 0 Å². The number of sulfonamides is 1. The third-order valence-corrected chi connectivity index (χ3v) is 3.48. The Morgan fingerprint density at radius 2 is 2.06 bits per heavy atom. The second kappa shape index (κ2) is 4.50. The Kier molecular flexibility index (Phi) is 3.51. The molecule has 88 valence electrons. The molecule has 0 saturated carbocycles. The number of anilines is 1. The Bertz CT molecular complexity index is 511. The number of rotatable bonds is 4. The van der Waals surface area contributed by atoms with E-state index in [9.17, 15) is 13.2 Å². The van der Waals surface area contributed by atoms with Crippen molar-refractivity contribution in [3.05, 3.63) is 23.8 Å². The number of nitrogen functional groups attached to an aromatic ring is 1. The van der Waals surface area contributed by atoms with Gasteiger partial charge in [-0.15, -0.1) is 0 Å². The van der Waals surface area contributed by atoms with E-state index < -0.39 is 15.9 Å². The van der Waals surface area contributed by atoms with Crippen LogP contribution in [-0.2, 0) is 10.0 Å². The third-order valence-electron chi connectivity index (χ3n) is 1.93. The van der Waals surface area contributed by atoms with Gasteiger partial charge in [-0.05, 0) is 18.2 Å². The molecule has 0 aliphatic rings. The fraction of sp³-hybridized carbons (Fsp3) is 0.222. The molecule has 0 saturated heterocycles. The van der Waals surface area contributed by atoms with Crippen molar-refractivity contribution < 1.29 is 13.2 Å². The molecule has 0 fully saturated rings. The minimum atomic E-state index is -3.60. The zero-order chi connectivity index (χ0) is 12.3. The Balaban J connectivity index is 3.28. The highest BCUT2D eigenvalue weighted by Crippen LogP contribution is 2.17. The van der Waals surface area contributed by atoms with E-state index in [1.165, 1.54) is 12.1 Å². The van der Waals surface area contributed by atoms with Crippen LogP contribution in [0.15, 0.2) is 23.1 Å². The minimum Gasteiger partial charge on any atom is -0.398 e. The predicted octanol–water partition coefficient (Wildman–Crippen LogP) is -0.334. The highest BCUT2D eigenvalue weighted by atomic mass is 32.2. The van der Waals surface area contributed by atoms with E-state index in [1.54, 1.807) is 6.92 Å². The topological polar surface area (TPSA) is 115 Å². The summed E-state index contributed by atoms with van der Waals surface area (Å²) in [5.74, 6) is -0.758. The first-order valence-electron chi connectivity index (χ1n) is 4.57. The van der Waals surface area contributed by atoms with Gasteiger partial charge in [-0.2, -0.15) is 0 Å². The summed E-state index contributed by atoms with van der Waals surface area (Å²) in [5.41, 5.74) is 10.7. The van der Waals surface area contributed by atoms with E-state index in [0.29, 0.717) is 0 Å². The molecule has 1 aromatic rings. The molecule has 1 rings (SSSR count). The second-order valence-electron chi connectivity index (χ2n) is 3.11. The molecule has 0 aromatic heterocycles. The molecule has 0 aliphatic carbocycles. The number of hydrogen-bond acceptors (Lipinski definition) is 4. The van der Waals surface area contributed by atoms with E-state index in [4.69, 9.17) is 11.5 Å². The normalized spacial score (nSPS) is 11.3. The second-order valence-corrected chi connectivity index (χ2v) is 4.88. The minimum absolute atomic E-state index is 0.000946. The van der Waals surface area contributed by atoms with Crippen molar-refractivity contribution in [1.29, 1.82) is 0 Å². The lowest BCUT2D eigenvalue weighted by molar-refractivity contribution is 0.100. The van der Waals surface area contributed by atoms with Gasteiger partial charge in [0, 0.05) is 12.2 Å². The van der Waals surface area contributed by atoms with E-state index >= 15 is 0 Å². The Labute approximate surface area is 93.7 Å². The highest BCUT2D eigenvalue weighted by Gasteiger charge is 2.15. The molecule has 7 heteroatoms. The van der Waals surface area contributed by atoms with Gasteiger partial charge in [0.2, 0.25) is 10.0 Å². The number of nitrogens with two attached hydrogens (primary N) is 2. The molecule has 0 unspecified atom stereocenters. The molecule has 0 bridgehead atoms. The Morgan fingerprint density at radius 1 is 1.44 bits per heavy atom. The van der Waals surface area contributed by atoms with Crippen molar-refractivity contribution >= 4 is 21.6 Å². The van der Waals surface area contributed by atoms with Gasteiger partial charge >= 0.3 is 0 Å². The number of primary amides is 1. The van der Waals surface area contributed by atoms with Gasteiger partial charge in [0.05, 0.1) is 10.5 Å². The fourth-order valence-corrected chi connectivity index (χ4v) is 2.26. The molecular weight excluding hydrogens is 230 g/mol. The maximum Gasteiger partial charge on any atom is 0.250 e. The summed E-state index contributed by atoms with van der Waals surface area (Å²) in [7, 11) is -3.60. The van der Waals surface area contributed by atoms with Gasteiger partial charge in [-0.1, -0.05) is 6.92 Å². The molecule has 16 heavy (non-hydrogen) atoms. The maximum absolute atomic E-state index is 11.6. The van der Waals surface area contributed by atoms with Crippen LogP contribution in [0.3, 0.4) is 0 Å². The summed E-state index contributed by atoms with van der Waals surface area (Å²) >= 11 is 0. The molecule has 0 heterocycles. The highest BCUT2D eigenvalue weighted by molar-refractivity contribution is 7.89. The SMILES string of the molecule is CCNS(=O)(=O)c1ccc(N)c(C(N)=O)c1. The lowest BCUT2D eigenvalue weighted by Crippen LogP contribution is -2.24. The van der Waals surface area contributed by atoms with E-state index in [-0.39, 0.29) is 22.7 Å². The first-order valence-corrected chi connectivity index (χ1v) is 6.05. The third kappa shape index (κ3) is 2.50. The number of hydrogen-bond donors (Lipinski definition) is 3. The summed E-state index contributed by atoms with van der Waals surface area (Å²) in [5, 5.41) is 0. The van der Waals surface area contributed by atoms with Gasteiger partial charge in [0.15, 0.2) is 0 Å². The van der Waals surface area contributed by atoms with Gasteiger partial charge in [0.1, 0.15) is 0 Å². The van der Waals surface area contributed by atoms with Gasteiger partial charge in [-0.3, -0.25) is 4.79 Å². The number of benzene rings is 1. The summed E-state index contributed by atoms with van der Waals surface area (Å²) in [4.78, 5) is 11.0. The van der Waals surface area contributed by atoms with Crippen LogP contribution in [0.1, 0.15) is 17.3 Å². The lowest BCUT2D eigenvalue weighted by Gasteiger charge is -2.07. The summed E-state index contributed by atoms with van der Waals surface area (Å²) in [6.07, 6.45) is 0. The molecule has 1 amide bonds. The first kappa shape index (κ1) is 12.5. The monoisotopic (exact) mass is 243 g/mol. The predicted molar refractivity (Wildman–Crippen MR) is 60.2 cm³/mol. The van der Waals surface area contributed by atoms with E-state index in [2.05, 4.69) is 4.72 Å². The van der Waals surface area contributed by atoms with Crippen molar-refractivity contribution in [2.24, 2.45) is 5.73 Å². The van der Waals surface area contributed by atoms with Crippen molar-refractivity contribution in [3.63, 3.8) is 0 Å². The number of carbonyl (C=O) groups is 1. The van der Waals surface area contributed by atoms with Crippen LogP contribution in [0, 0.1) is 0 Å². The molecule has 5 N–H and O–H groups in total. The van der Waals surface area contributed by atoms with Gasteiger partial charge < -0.3 is 11.5 Å². The molecular formula is C9H13N3O3S. The maximum atomic E-state index is 11.6. The van der Waals surface area contributed by atoms with Crippen molar-refractivity contribution in [2.45, 2.75) is 11.8 Å². The van der Waals surface area contributed by atoms with E-state index in [0.717, 1.165) is 6.07 Å². The summed E-state index contributed by atoms with van der Waals surface area (Å²) in [6, 6.07) is 3.82. The number of nitrogens with one attached hydrogen (secondary N) is 1. The lowest BCUT2D eigenvalue weighted by atomic mass is 10.2.